The Labute approximate surface area is 131 Å². The number of benzene rings is 1. The molecule has 0 aliphatic carbocycles. The van der Waals surface area contributed by atoms with Gasteiger partial charge in [-0.3, -0.25) is 4.98 Å². The SMILES string of the molecule is CNCC1CCCN1S(=O)(=O)c1ccc(C)c2ncccc12. The first-order valence-electron chi connectivity index (χ1n) is 7.56. The molecule has 0 radical (unpaired) electrons. The van der Waals surface area contributed by atoms with Crippen LogP contribution < -0.4 is 5.32 Å². The summed E-state index contributed by atoms with van der Waals surface area (Å²) in [5.41, 5.74) is 1.75. The molecule has 1 atom stereocenters. The molecule has 6 heteroatoms. The molecule has 1 aliphatic rings. The largest absolute Gasteiger partial charge is 0.318 e. The fourth-order valence-electron chi connectivity index (χ4n) is 3.20. The maximum Gasteiger partial charge on any atom is 0.244 e. The van der Waals surface area contributed by atoms with Crippen molar-refractivity contribution in [3.8, 4) is 0 Å². The van der Waals surface area contributed by atoms with E-state index in [4.69, 9.17) is 0 Å². The van der Waals surface area contributed by atoms with E-state index < -0.39 is 10.0 Å². The van der Waals surface area contributed by atoms with Crippen LogP contribution in [0.25, 0.3) is 10.9 Å². The highest BCUT2D eigenvalue weighted by Gasteiger charge is 2.35. The number of nitrogens with zero attached hydrogens (tertiary/aromatic N) is 2. The third kappa shape index (κ3) is 2.51. The Morgan fingerprint density at radius 3 is 2.95 bits per heavy atom. The summed E-state index contributed by atoms with van der Waals surface area (Å²) >= 11 is 0. The monoisotopic (exact) mass is 319 g/mol. The van der Waals surface area contributed by atoms with Crippen molar-refractivity contribution in [2.24, 2.45) is 0 Å². The number of hydrogen-bond donors (Lipinski definition) is 1. The summed E-state index contributed by atoms with van der Waals surface area (Å²) in [4.78, 5) is 4.71. The lowest BCUT2D eigenvalue weighted by Gasteiger charge is -2.24. The lowest BCUT2D eigenvalue weighted by Crippen LogP contribution is -2.40. The summed E-state index contributed by atoms with van der Waals surface area (Å²) in [6, 6.07) is 7.21. The highest BCUT2D eigenvalue weighted by Crippen LogP contribution is 2.30. The van der Waals surface area contributed by atoms with E-state index in [0.29, 0.717) is 23.4 Å². The molecule has 0 spiro atoms. The van der Waals surface area contributed by atoms with Gasteiger partial charge in [-0.1, -0.05) is 6.07 Å². The zero-order valence-corrected chi connectivity index (χ0v) is 13.7. The molecule has 1 saturated heterocycles. The minimum absolute atomic E-state index is 0.0306. The van der Waals surface area contributed by atoms with Crippen molar-refractivity contribution in [1.82, 2.24) is 14.6 Å². The molecule has 1 N–H and O–H groups in total. The summed E-state index contributed by atoms with van der Waals surface area (Å²) in [7, 11) is -1.64. The van der Waals surface area contributed by atoms with Crippen LogP contribution in [-0.2, 0) is 10.0 Å². The molecule has 118 valence electrons. The smallest absolute Gasteiger partial charge is 0.244 e. The molecular weight excluding hydrogens is 298 g/mol. The number of fused-ring (bicyclic) bond motifs is 1. The Morgan fingerprint density at radius 2 is 2.18 bits per heavy atom. The third-order valence-corrected chi connectivity index (χ3v) is 6.29. The van der Waals surface area contributed by atoms with Gasteiger partial charge in [0.1, 0.15) is 0 Å². The van der Waals surface area contributed by atoms with Gasteiger partial charge in [-0.05, 0) is 50.6 Å². The van der Waals surface area contributed by atoms with Crippen LogP contribution in [0.1, 0.15) is 18.4 Å². The molecule has 2 aromatic rings. The predicted molar refractivity (Wildman–Crippen MR) is 87.3 cm³/mol. The Hall–Kier alpha value is -1.50. The number of aromatic nitrogens is 1. The summed E-state index contributed by atoms with van der Waals surface area (Å²) in [5, 5.41) is 3.80. The topological polar surface area (TPSA) is 62.3 Å². The summed E-state index contributed by atoms with van der Waals surface area (Å²) in [6.07, 6.45) is 3.52. The van der Waals surface area contributed by atoms with Crippen molar-refractivity contribution in [3.05, 3.63) is 36.0 Å². The molecule has 22 heavy (non-hydrogen) atoms. The molecule has 5 nitrogen and oxygen atoms in total. The molecule has 1 aromatic carbocycles. The van der Waals surface area contributed by atoms with Gasteiger partial charge >= 0.3 is 0 Å². The predicted octanol–water partition coefficient (Wildman–Crippen LogP) is 1.92. The first-order valence-corrected chi connectivity index (χ1v) is 9.00. The first kappa shape index (κ1) is 15.4. The van der Waals surface area contributed by atoms with Crippen molar-refractivity contribution in [3.63, 3.8) is 0 Å². The van der Waals surface area contributed by atoms with Crippen LogP contribution in [0, 0.1) is 6.92 Å². The van der Waals surface area contributed by atoms with Gasteiger partial charge in [0, 0.05) is 30.7 Å². The van der Waals surface area contributed by atoms with Crippen molar-refractivity contribution < 1.29 is 8.42 Å². The second-order valence-corrected chi connectivity index (χ2v) is 7.61. The molecule has 0 saturated carbocycles. The zero-order valence-electron chi connectivity index (χ0n) is 12.9. The van der Waals surface area contributed by atoms with Crippen molar-refractivity contribution in [1.29, 1.82) is 0 Å². The van der Waals surface area contributed by atoms with Crippen LogP contribution in [0.2, 0.25) is 0 Å². The Bertz CT molecular complexity index is 789. The van der Waals surface area contributed by atoms with Gasteiger partial charge in [-0.2, -0.15) is 4.31 Å². The van der Waals surface area contributed by atoms with E-state index in [1.807, 2.05) is 26.1 Å². The zero-order chi connectivity index (χ0) is 15.7. The minimum atomic E-state index is -3.50. The van der Waals surface area contributed by atoms with E-state index in [-0.39, 0.29) is 6.04 Å². The maximum absolute atomic E-state index is 13.1. The third-order valence-electron chi connectivity index (χ3n) is 4.28. The molecule has 1 aliphatic heterocycles. The van der Waals surface area contributed by atoms with E-state index in [9.17, 15) is 8.42 Å². The fourth-order valence-corrected chi connectivity index (χ4v) is 5.08. The first-order chi connectivity index (χ1) is 10.6. The van der Waals surface area contributed by atoms with Gasteiger partial charge in [0.05, 0.1) is 10.4 Å². The lowest BCUT2D eigenvalue weighted by atomic mass is 10.1. The molecule has 1 aromatic heterocycles. The Kier molecular flexibility index (Phi) is 4.16. The number of rotatable bonds is 4. The normalized spacial score (nSPS) is 19.8. The highest BCUT2D eigenvalue weighted by molar-refractivity contribution is 7.89. The quantitative estimate of drug-likeness (QED) is 0.935. The molecule has 0 amide bonds. The van der Waals surface area contributed by atoms with E-state index in [1.54, 1.807) is 22.6 Å². The van der Waals surface area contributed by atoms with Crippen LogP contribution in [0.4, 0.5) is 0 Å². The average molecular weight is 319 g/mol. The van der Waals surface area contributed by atoms with Gasteiger partial charge in [0.25, 0.3) is 0 Å². The molecule has 1 fully saturated rings. The Balaban J connectivity index is 2.12. The highest BCUT2D eigenvalue weighted by atomic mass is 32.2. The standard InChI is InChI=1S/C16H21N3O2S/c1-12-7-8-15(14-6-3-9-18-16(12)14)22(20,21)19-10-4-5-13(19)11-17-2/h3,6-9,13,17H,4-5,10-11H2,1-2H3. The Morgan fingerprint density at radius 1 is 1.36 bits per heavy atom. The maximum atomic E-state index is 13.1. The van der Waals surface area contributed by atoms with E-state index in [2.05, 4.69) is 10.3 Å². The van der Waals surface area contributed by atoms with E-state index in [0.717, 1.165) is 23.9 Å². The van der Waals surface area contributed by atoms with Gasteiger partial charge < -0.3 is 5.32 Å². The van der Waals surface area contributed by atoms with Gasteiger partial charge in [0.15, 0.2) is 0 Å². The van der Waals surface area contributed by atoms with Crippen LogP contribution in [0.3, 0.4) is 0 Å². The molecule has 1 unspecified atom stereocenters. The number of nitrogens with one attached hydrogen (secondary N) is 1. The van der Waals surface area contributed by atoms with Crippen LogP contribution in [-0.4, -0.2) is 43.9 Å². The van der Waals surface area contributed by atoms with Crippen LogP contribution in [0.5, 0.6) is 0 Å². The number of likely N-dealkylation sites (N-methyl/N-ethyl adjacent to an activating group) is 1. The van der Waals surface area contributed by atoms with Crippen molar-refractivity contribution >= 4 is 20.9 Å². The second-order valence-electron chi connectivity index (χ2n) is 5.75. The molecular formula is C16H21N3O2S. The van der Waals surface area contributed by atoms with Gasteiger partial charge in [-0.15, -0.1) is 0 Å². The van der Waals surface area contributed by atoms with Crippen molar-refractivity contribution in [2.45, 2.75) is 30.7 Å². The van der Waals surface area contributed by atoms with Gasteiger partial charge in [-0.25, -0.2) is 8.42 Å². The summed E-state index contributed by atoms with van der Waals surface area (Å²) in [5.74, 6) is 0. The second kappa shape index (κ2) is 5.95. The lowest BCUT2D eigenvalue weighted by molar-refractivity contribution is 0.379. The molecule has 2 heterocycles. The van der Waals surface area contributed by atoms with Crippen molar-refractivity contribution in [2.75, 3.05) is 20.1 Å². The number of sulfonamides is 1. The number of pyridine rings is 1. The summed E-state index contributed by atoms with van der Waals surface area (Å²) < 4.78 is 27.9. The van der Waals surface area contributed by atoms with Gasteiger partial charge in [0.2, 0.25) is 10.0 Å². The minimum Gasteiger partial charge on any atom is -0.318 e. The summed E-state index contributed by atoms with van der Waals surface area (Å²) in [6.45, 7) is 3.22. The van der Waals surface area contributed by atoms with E-state index >= 15 is 0 Å². The molecule has 3 rings (SSSR count). The average Bonchev–Trinajstić information content (AvgIpc) is 2.97. The number of aryl methyl sites for hydroxylation is 1. The number of hydrogen-bond acceptors (Lipinski definition) is 4. The van der Waals surface area contributed by atoms with E-state index in [1.165, 1.54) is 0 Å². The van der Waals surface area contributed by atoms with Crippen LogP contribution in [0.15, 0.2) is 35.4 Å². The fraction of sp³-hybridized carbons (Fsp3) is 0.438. The van der Waals surface area contributed by atoms with Crippen LogP contribution >= 0.6 is 0 Å². The molecule has 0 bridgehead atoms.